The number of nitrogens with zero attached hydrogens (tertiary/aromatic N) is 4. The summed E-state index contributed by atoms with van der Waals surface area (Å²) in [4.78, 5) is 22.1. The third kappa shape index (κ3) is 5.55. The van der Waals surface area contributed by atoms with E-state index in [1.165, 1.54) is 18.7 Å². The molecular formula is C21H37N5O2. The van der Waals surface area contributed by atoms with Crippen molar-refractivity contribution in [2.24, 2.45) is 5.92 Å². The molecule has 2 aliphatic heterocycles. The largest absolute Gasteiger partial charge is 0.383 e. The molecule has 3 heterocycles. The fraction of sp³-hybridized carbons (Fsp3) is 0.810. The molecule has 1 atom stereocenters. The maximum absolute atomic E-state index is 12.4. The van der Waals surface area contributed by atoms with Crippen molar-refractivity contribution >= 4 is 5.91 Å². The van der Waals surface area contributed by atoms with Crippen LogP contribution in [0.15, 0.2) is 12.4 Å². The number of nitrogens with one attached hydrogen (secondary N) is 1. The molecule has 1 amide bonds. The van der Waals surface area contributed by atoms with Gasteiger partial charge in [-0.25, -0.2) is 4.98 Å². The Hall–Kier alpha value is -1.44. The van der Waals surface area contributed by atoms with Gasteiger partial charge in [-0.3, -0.25) is 14.6 Å². The van der Waals surface area contributed by atoms with Gasteiger partial charge in [0.15, 0.2) is 0 Å². The van der Waals surface area contributed by atoms with E-state index in [1.54, 1.807) is 7.11 Å². The molecule has 1 N–H and O–H groups in total. The zero-order valence-corrected chi connectivity index (χ0v) is 17.8. The first kappa shape index (κ1) is 21.3. The molecule has 3 rings (SSSR count). The van der Waals surface area contributed by atoms with Crippen molar-refractivity contribution in [3.8, 4) is 0 Å². The van der Waals surface area contributed by atoms with E-state index in [0.29, 0.717) is 25.2 Å². The monoisotopic (exact) mass is 391 g/mol. The van der Waals surface area contributed by atoms with Crippen LogP contribution in [0.25, 0.3) is 0 Å². The van der Waals surface area contributed by atoms with Crippen molar-refractivity contribution in [2.75, 3.05) is 46.4 Å². The lowest BCUT2D eigenvalue weighted by molar-refractivity contribution is -0.127. The van der Waals surface area contributed by atoms with Crippen LogP contribution in [-0.2, 0) is 16.1 Å². The zero-order chi connectivity index (χ0) is 19.9. The molecule has 7 heteroatoms. The first-order valence-electron chi connectivity index (χ1n) is 10.8. The molecule has 2 aliphatic rings. The first-order chi connectivity index (χ1) is 13.6. The van der Waals surface area contributed by atoms with Crippen LogP contribution in [0.5, 0.6) is 0 Å². The average Bonchev–Trinajstić information content (AvgIpc) is 3.17. The van der Waals surface area contributed by atoms with E-state index < -0.39 is 0 Å². The summed E-state index contributed by atoms with van der Waals surface area (Å²) in [6, 6.07) is 1.06. The minimum absolute atomic E-state index is 0.127. The third-order valence-corrected chi connectivity index (χ3v) is 6.17. The van der Waals surface area contributed by atoms with Crippen LogP contribution >= 0.6 is 0 Å². The molecule has 7 nitrogen and oxygen atoms in total. The Morgan fingerprint density at radius 3 is 2.79 bits per heavy atom. The molecule has 1 aromatic rings. The SMILES string of the molecule is COCCNC(=O)[C@@H]1CCCN(C2CCN(Cc3nccn3C(C)C)CC2)C1. The summed E-state index contributed by atoms with van der Waals surface area (Å²) >= 11 is 0. The van der Waals surface area contributed by atoms with E-state index >= 15 is 0 Å². The van der Waals surface area contributed by atoms with Crippen LogP contribution in [0.3, 0.4) is 0 Å². The predicted molar refractivity (Wildman–Crippen MR) is 110 cm³/mol. The number of piperidine rings is 2. The van der Waals surface area contributed by atoms with Crippen molar-refractivity contribution in [2.45, 2.75) is 58.2 Å². The standard InChI is InChI=1S/C21H37N5O2/c1-17(2)26-13-8-22-20(26)16-24-11-6-19(7-12-24)25-10-4-5-18(15-25)21(27)23-9-14-28-3/h8,13,17-19H,4-7,9-12,14-16H2,1-3H3,(H,23,27)/t18-/m1/s1. The van der Waals surface area contributed by atoms with Crippen LogP contribution in [0.1, 0.15) is 51.4 Å². The van der Waals surface area contributed by atoms with Gasteiger partial charge in [-0.05, 0) is 46.1 Å². The van der Waals surface area contributed by atoms with Crippen LogP contribution in [0.2, 0.25) is 0 Å². The Morgan fingerprint density at radius 2 is 2.07 bits per heavy atom. The maximum atomic E-state index is 12.4. The number of methoxy groups -OCH3 is 1. The molecule has 0 unspecified atom stereocenters. The number of aromatic nitrogens is 2. The number of ether oxygens (including phenoxy) is 1. The maximum Gasteiger partial charge on any atom is 0.224 e. The first-order valence-corrected chi connectivity index (χ1v) is 10.8. The number of imidazole rings is 1. The van der Waals surface area contributed by atoms with E-state index in [4.69, 9.17) is 4.74 Å². The normalized spacial score (nSPS) is 22.6. The molecule has 0 bridgehead atoms. The Kier molecular flexibility index (Phi) is 7.88. The molecule has 0 spiro atoms. The van der Waals surface area contributed by atoms with Gasteiger partial charge < -0.3 is 14.6 Å². The van der Waals surface area contributed by atoms with Gasteiger partial charge in [-0.1, -0.05) is 0 Å². The Bertz CT molecular complexity index is 610. The highest BCUT2D eigenvalue weighted by molar-refractivity contribution is 5.78. The van der Waals surface area contributed by atoms with Crippen LogP contribution in [-0.4, -0.2) is 77.7 Å². The highest BCUT2D eigenvalue weighted by Gasteiger charge is 2.31. The summed E-state index contributed by atoms with van der Waals surface area (Å²) in [5, 5.41) is 3.01. The summed E-state index contributed by atoms with van der Waals surface area (Å²) in [7, 11) is 1.66. The quantitative estimate of drug-likeness (QED) is 0.686. The summed E-state index contributed by atoms with van der Waals surface area (Å²) in [5.41, 5.74) is 0. The van der Waals surface area contributed by atoms with Gasteiger partial charge in [0.2, 0.25) is 5.91 Å². The molecule has 0 aromatic carbocycles. The Labute approximate surface area is 169 Å². The van der Waals surface area contributed by atoms with Gasteiger partial charge in [0.05, 0.1) is 19.1 Å². The topological polar surface area (TPSA) is 62.6 Å². The number of hydrogen-bond acceptors (Lipinski definition) is 5. The lowest BCUT2D eigenvalue weighted by atomic mass is 9.93. The van der Waals surface area contributed by atoms with Gasteiger partial charge >= 0.3 is 0 Å². The number of likely N-dealkylation sites (tertiary alicyclic amines) is 2. The zero-order valence-electron chi connectivity index (χ0n) is 17.8. The third-order valence-electron chi connectivity index (χ3n) is 6.17. The van der Waals surface area contributed by atoms with E-state index in [9.17, 15) is 4.79 Å². The number of rotatable bonds is 8. The predicted octanol–water partition coefficient (Wildman–Crippen LogP) is 1.90. The van der Waals surface area contributed by atoms with E-state index in [-0.39, 0.29) is 11.8 Å². The molecule has 2 fully saturated rings. The summed E-state index contributed by atoms with van der Waals surface area (Å²) in [6.45, 7) is 10.8. The minimum atomic E-state index is 0.127. The average molecular weight is 392 g/mol. The fourth-order valence-corrected chi connectivity index (χ4v) is 4.55. The lowest BCUT2D eigenvalue weighted by Gasteiger charge is -2.42. The molecule has 1 aromatic heterocycles. The van der Waals surface area contributed by atoms with Crippen molar-refractivity contribution in [1.29, 1.82) is 0 Å². The molecule has 2 saturated heterocycles. The van der Waals surface area contributed by atoms with Crippen molar-refractivity contribution < 1.29 is 9.53 Å². The second kappa shape index (κ2) is 10.4. The van der Waals surface area contributed by atoms with Crippen LogP contribution in [0.4, 0.5) is 0 Å². The molecule has 0 saturated carbocycles. The Morgan fingerprint density at radius 1 is 1.29 bits per heavy atom. The van der Waals surface area contributed by atoms with Gasteiger partial charge in [0, 0.05) is 57.8 Å². The van der Waals surface area contributed by atoms with Gasteiger partial charge in [-0.2, -0.15) is 0 Å². The number of carbonyl (C=O) groups excluding carboxylic acids is 1. The minimum Gasteiger partial charge on any atom is -0.383 e. The molecule has 0 aliphatic carbocycles. The lowest BCUT2D eigenvalue weighted by Crippen LogP contribution is -2.50. The summed E-state index contributed by atoms with van der Waals surface area (Å²) < 4.78 is 7.30. The van der Waals surface area contributed by atoms with Gasteiger partial charge in [0.1, 0.15) is 5.82 Å². The molecule has 0 radical (unpaired) electrons. The molecular weight excluding hydrogens is 354 g/mol. The van der Waals surface area contributed by atoms with Crippen LogP contribution in [0, 0.1) is 5.92 Å². The molecule has 28 heavy (non-hydrogen) atoms. The van der Waals surface area contributed by atoms with E-state index in [1.807, 2.05) is 6.20 Å². The smallest absolute Gasteiger partial charge is 0.224 e. The fourth-order valence-electron chi connectivity index (χ4n) is 4.55. The number of carbonyl (C=O) groups is 1. The highest BCUT2D eigenvalue weighted by atomic mass is 16.5. The van der Waals surface area contributed by atoms with Gasteiger partial charge in [-0.15, -0.1) is 0 Å². The van der Waals surface area contributed by atoms with Crippen molar-refractivity contribution in [3.63, 3.8) is 0 Å². The van der Waals surface area contributed by atoms with Gasteiger partial charge in [0.25, 0.3) is 0 Å². The van der Waals surface area contributed by atoms with E-state index in [0.717, 1.165) is 45.6 Å². The second-order valence-corrected chi connectivity index (χ2v) is 8.47. The number of amides is 1. The van der Waals surface area contributed by atoms with Crippen LogP contribution < -0.4 is 5.32 Å². The van der Waals surface area contributed by atoms with Crippen molar-refractivity contribution in [3.05, 3.63) is 18.2 Å². The molecule has 158 valence electrons. The second-order valence-electron chi connectivity index (χ2n) is 8.47. The highest BCUT2D eigenvalue weighted by Crippen LogP contribution is 2.25. The van der Waals surface area contributed by atoms with Crippen molar-refractivity contribution in [1.82, 2.24) is 24.7 Å². The number of hydrogen-bond donors (Lipinski definition) is 1. The van der Waals surface area contributed by atoms with E-state index in [2.05, 4.69) is 44.7 Å². The summed E-state index contributed by atoms with van der Waals surface area (Å²) in [5.74, 6) is 1.49. The summed E-state index contributed by atoms with van der Waals surface area (Å²) in [6.07, 6.45) is 8.48. The Balaban J connectivity index is 1.45.